The maximum Gasteiger partial charge on any atom is 0.335 e. The highest BCUT2D eigenvalue weighted by atomic mass is 32.2. The van der Waals surface area contributed by atoms with E-state index in [1.807, 2.05) is 0 Å². The van der Waals surface area contributed by atoms with Crippen molar-refractivity contribution in [2.75, 3.05) is 11.8 Å². The van der Waals surface area contributed by atoms with Crippen molar-refractivity contribution in [2.24, 2.45) is 0 Å². The van der Waals surface area contributed by atoms with Crippen molar-refractivity contribution < 1.29 is 27.4 Å². The average Bonchev–Trinajstić information content (AvgIpc) is 3.31. The van der Waals surface area contributed by atoms with Crippen LogP contribution in [0.15, 0.2) is 77.1 Å². The molecule has 10 heteroatoms. The number of halogens is 1. The van der Waals surface area contributed by atoms with E-state index in [0.29, 0.717) is 10.6 Å². The van der Waals surface area contributed by atoms with Gasteiger partial charge in [0.05, 0.1) is 18.4 Å². The largest absolute Gasteiger partial charge is 0.495 e. The van der Waals surface area contributed by atoms with E-state index in [0.717, 1.165) is 22.5 Å². The molecule has 4 aromatic rings. The minimum Gasteiger partial charge on any atom is -0.495 e. The molecule has 0 bridgehead atoms. The van der Waals surface area contributed by atoms with Crippen LogP contribution in [0.2, 0.25) is 0 Å². The van der Waals surface area contributed by atoms with Crippen molar-refractivity contribution >= 4 is 33.0 Å². The summed E-state index contributed by atoms with van der Waals surface area (Å²) in [4.78, 5) is 15.2. The van der Waals surface area contributed by atoms with Gasteiger partial charge in [-0.3, -0.25) is 4.72 Å². The fourth-order valence-corrected chi connectivity index (χ4v) is 5.24. The molecule has 168 valence electrons. The van der Waals surface area contributed by atoms with Gasteiger partial charge in [0.25, 0.3) is 10.0 Å². The van der Waals surface area contributed by atoms with Crippen LogP contribution in [0.3, 0.4) is 0 Å². The number of carboxylic acids is 1. The molecule has 3 aromatic carbocycles. The zero-order chi connectivity index (χ0) is 23.6. The molecular weight excluding hydrogens is 467 g/mol. The standard InChI is InChI=1S/C23H17FN2O5S2/c1-31-20-12-17(14-2-4-16(5-3-14)23(27)28)8-11-19(20)26-33(29,30)21-13-32-22(25-21)15-6-9-18(24)10-7-15/h2-13,26H,1H3,(H,27,28). The van der Waals surface area contributed by atoms with Gasteiger partial charge in [-0.15, -0.1) is 11.3 Å². The molecule has 0 unspecified atom stereocenters. The lowest BCUT2D eigenvalue weighted by Gasteiger charge is -2.12. The van der Waals surface area contributed by atoms with Crippen LogP contribution in [0.1, 0.15) is 10.4 Å². The first kappa shape index (κ1) is 22.4. The lowest BCUT2D eigenvalue weighted by Crippen LogP contribution is -2.14. The lowest BCUT2D eigenvalue weighted by atomic mass is 10.0. The normalized spacial score (nSPS) is 11.2. The molecule has 33 heavy (non-hydrogen) atoms. The third-order valence-corrected chi connectivity index (χ3v) is 7.05. The van der Waals surface area contributed by atoms with Crippen LogP contribution < -0.4 is 9.46 Å². The summed E-state index contributed by atoms with van der Waals surface area (Å²) in [5, 5.41) is 10.7. The molecule has 0 aliphatic carbocycles. The van der Waals surface area contributed by atoms with E-state index >= 15 is 0 Å². The van der Waals surface area contributed by atoms with E-state index in [4.69, 9.17) is 9.84 Å². The molecule has 0 saturated carbocycles. The van der Waals surface area contributed by atoms with Gasteiger partial charge in [0.15, 0.2) is 5.03 Å². The fourth-order valence-electron chi connectivity index (χ4n) is 3.06. The molecule has 0 aliphatic rings. The zero-order valence-corrected chi connectivity index (χ0v) is 18.8. The number of aromatic carboxylic acids is 1. The summed E-state index contributed by atoms with van der Waals surface area (Å²) in [7, 11) is -2.59. The molecule has 7 nitrogen and oxygen atoms in total. The molecule has 0 spiro atoms. The smallest absolute Gasteiger partial charge is 0.335 e. The van der Waals surface area contributed by atoms with Gasteiger partial charge in [0, 0.05) is 10.9 Å². The maximum absolute atomic E-state index is 13.1. The summed E-state index contributed by atoms with van der Waals surface area (Å²) >= 11 is 1.13. The van der Waals surface area contributed by atoms with E-state index < -0.39 is 21.8 Å². The second kappa shape index (κ2) is 9.00. The van der Waals surface area contributed by atoms with Gasteiger partial charge >= 0.3 is 5.97 Å². The molecule has 0 aliphatic heterocycles. The van der Waals surface area contributed by atoms with E-state index in [2.05, 4.69) is 9.71 Å². The maximum atomic E-state index is 13.1. The quantitative estimate of drug-likeness (QED) is 0.377. The van der Waals surface area contributed by atoms with Crippen molar-refractivity contribution in [1.29, 1.82) is 0 Å². The second-order valence-corrected chi connectivity index (χ2v) is 9.39. The van der Waals surface area contributed by atoms with E-state index in [1.54, 1.807) is 30.3 Å². The number of thiazole rings is 1. The molecule has 1 aromatic heterocycles. The Labute approximate surface area is 193 Å². The van der Waals surface area contributed by atoms with Gasteiger partial charge < -0.3 is 9.84 Å². The third kappa shape index (κ3) is 4.86. The van der Waals surface area contributed by atoms with Crippen LogP contribution in [-0.4, -0.2) is 31.6 Å². The van der Waals surface area contributed by atoms with E-state index in [1.165, 1.54) is 48.9 Å². The summed E-state index contributed by atoms with van der Waals surface area (Å²) in [6.45, 7) is 0. The van der Waals surface area contributed by atoms with Gasteiger partial charge in [-0.05, 0) is 59.7 Å². The molecule has 2 N–H and O–H groups in total. The fraction of sp³-hybridized carbons (Fsp3) is 0.0435. The number of sulfonamides is 1. The Hall–Kier alpha value is -3.76. The monoisotopic (exact) mass is 484 g/mol. The van der Waals surface area contributed by atoms with Crippen molar-refractivity contribution in [1.82, 2.24) is 4.98 Å². The third-order valence-electron chi connectivity index (χ3n) is 4.76. The summed E-state index contributed by atoms with van der Waals surface area (Å²) in [6, 6.07) is 16.8. The molecular formula is C23H17FN2O5S2. The number of hydrogen-bond donors (Lipinski definition) is 2. The molecule has 0 saturated heterocycles. The first-order valence-corrected chi connectivity index (χ1v) is 11.9. The van der Waals surface area contributed by atoms with Crippen LogP contribution in [-0.2, 0) is 10.0 Å². The van der Waals surface area contributed by atoms with Crippen LogP contribution in [0.4, 0.5) is 10.1 Å². The average molecular weight is 485 g/mol. The van der Waals surface area contributed by atoms with Gasteiger partial charge in [-0.2, -0.15) is 8.42 Å². The summed E-state index contributed by atoms with van der Waals surface area (Å²) in [5.41, 5.74) is 2.46. The second-order valence-electron chi connectivity index (χ2n) is 6.90. The molecule has 0 fully saturated rings. The molecule has 1 heterocycles. The predicted molar refractivity (Wildman–Crippen MR) is 124 cm³/mol. The zero-order valence-electron chi connectivity index (χ0n) is 17.2. The topological polar surface area (TPSA) is 106 Å². The Morgan fingerprint density at radius 2 is 1.64 bits per heavy atom. The minimum absolute atomic E-state index is 0.165. The number of carboxylic acid groups (broad SMARTS) is 1. The highest BCUT2D eigenvalue weighted by Gasteiger charge is 2.21. The molecule has 0 atom stereocenters. The Morgan fingerprint density at radius 1 is 1.00 bits per heavy atom. The minimum atomic E-state index is -4.00. The number of carbonyl (C=O) groups is 1. The first-order valence-electron chi connectivity index (χ1n) is 9.53. The highest BCUT2D eigenvalue weighted by Crippen LogP contribution is 2.33. The Kier molecular flexibility index (Phi) is 6.12. The van der Waals surface area contributed by atoms with Crippen molar-refractivity contribution in [3.8, 4) is 27.4 Å². The van der Waals surface area contributed by atoms with Crippen LogP contribution in [0, 0.1) is 5.82 Å². The van der Waals surface area contributed by atoms with Gasteiger partial charge in [0.2, 0.25) is 0 Å². The summed E-state index contributed by atoms with van der Waals surface area (Å²) < 4.78 is 46.8. The summed E-state index contributed by atoms with van der Waals surface area (Å²) in [5.74, 6) is -1.13. The SMILES string of the molecule is COc1cc(-c2ccc(C(=O)O)cc2)ccc1NS(=O)(=O)c1csc(-c2ccc(F)cc2)n1. The summed E-state index contributed by atoms with van der Waals surface area (Å²) in [6.07, 6.45) is 0. The highest BCUT2D eigenvalue weighted by molar-refractivity contribution is 7.92. The number of benzene rings is 3. The van der Waals surface area contributed by atoms with Crippen LogP contribution >= 0.6 is 11.3 Å². The Morgan fingerprint density at radius 3 is 2.27 bits per heavy atom. The number of methoxy groups -OCH3 is 1. The van der Waals surface area contributed by atoms with E-state index in [9.17, 15) is 17.6 Å². The Balaban J connectivity index is 1.59. The number of hydrogen-bond acceptors (Lipinski definition) is 6. The van der Waals surface area contributed by atoms with Gasteiger partial charge in [-0.25, -0.2) is 14.2 Å². The van der Waals surface area contributed by atoms with Gasteiger partial charge in [0.1, 0.15) is 16.6 Å². The van der Waals surface area contributed by atoms with Crippen molar-refractivity contribution in [3.05, 3.63) is 83.5 Å². The van der Waals surface area contributed by atoms with Crippen LogP contribution in [0.25, 0.3) is 21.7 Å². The van der Waals surface area contributed by atoms with E-state index in [-0.39, 0.29) is 22.0 Å². The first-order chi connectivity index (χ1) is 15.8. The van der Waals surface area contributed by atoms with Crippen molar-refractivity contribution in [3.63, 3.8) is 0 Å². The number of nitrogens with one attached hydrogen (secondary N) is 1. The predicted octanol–water partition coefficient (Wildman–Crippen LogP) is 5.12. The Bertz CT molecular complexity index is 1420. The number of rotatable bonds is 7. The number of ether oxygens (including phenoxy) is 1. The molecule has 4 rings (SSSR count). The molecule has 0 radical (unpaired) electrons. The lowest BCUT2D eigenvalue weighted by molar-refractivity contribution is 0.0697. The number of nitrogens with zero attached hydrogens (tertiary/aromatic N) is 1. The van der Waals surface area contributed by atoms with Gasteiger partial charge in [-0.1, -0.05) is 18.2 Å². The molecule has 0 amide bonds. The van der Waals surface area contributed by atoms with Crippen LogP contribution in [0.5, 0.6) is 5.75 Å². The van der Waals surface area contributed by atoms with Crippen molar-refractivity contribution in [2.45, 2.75) is 5.03 Å². The number of anilines is 1. The number of aromatic nitrogens is 1.